The largest absolute Gasteiger partial charge is 0.349 e. The van der Waals surface area contributed by atoms with Gasteiger partial charge in [0.15, 0.2) is 0 Å². The Balaban J connectivity index is 1.67. The van der Waals surface area contributed by atoms with Crippen molar-refractivity contribution in [3.05, 3.63) is 78.1 Å². The van der Waals surface area contributed by atoms with Gasteiger partial charge in [-0.2, -0.15) is 5.10 Å². The highest BCUT2D eigenvalue weighted by atomic mass is 19.1. The van der Waals surface area contributed by atoms with Gasteiger partial charge in [-0.3, -0.25) is 9.78 Å². The first-order valence-electron chi connectivity index (χ1n) is 7.62. The zero-order valence-electron chi connectivity index (χ0n) is 13.2. The van der Waals surface area contributed by atoms with Gasteiger partial charge in [0, 0.05) is 23.7 Å². The molecule has 1 atom stereocenters. The number of nitrogens with zero attached hydrogens (tertiary/aromatic N) is 3. The molecular weight excluding hydrogens is 307 g/mol. The number of hydrogen-bond acceptors (Lipinski definition) is 3. The Kier molecular flexibility index (Phi) is 4.65. The molecule has 1 N–H and O–H groups in total. The third kappa shape index (κ3) is 3.65. The van der Waals surface area contributed by atoms with E-state index in [1.54, 1.807) is 48.9 Å². The highest BCUT2D eigenvalue weighted by Gasteiger charge is 2.13. The molecule has 24 heavy (non-hydrogen) atoms. The van der Waals surface area contributed by atoms with E-state index in [0.717, 1.165) is 5.56 Å². The summed E-state index contributed by atoms with van der Waals surface area (Å²) in [6, 6.07) is 11.6. The van der Waals surface area contributed by atoms with Gasteiger partial charge in [-0.05, 0) is 31.2 Å². The first-order valence-corrected chi connectivity index (χ1v) is 7.62. The average molecular weight is 324 g/mol. The molecule has 0 saturated carbocycles. The number of aromatic nitrogens is 3. The third-order valence-electron chi connectivity index (χ3n) is 3.65. The SMILES string of the molecule is CC(NC(=O)Cc1ccccn1)c1cnn(-c2ccccc2F)c1. The molecule has 3 aromatic rings. The maximum atomic E-state index is 13.8. The lowest BCUT2D eigenvalue weighted by Crippen LogP contribution is -2.28. The zero-order chi connectivity index (χ0) is 16.9. The molecule has 2 heterocycles. The molecule has 0 bridgehead atoms. The summed E-state index contributed by atoms with van der Waals surface area (Å²) >= 11 is 0. The van der Waals surface area contributed by atoms with Crippen LogP contribution in [-0.4, -0.2) is 20.7 Å². The monoisotopic (exact) mass is 324 g/mol. The van der Waals surface area contributed by atoms with Crippen molar-refractivity contribution in [3.8, 4) is 5.69 Å². The Bertz CT molecular complexity index is 832. The van der Waals surface area contributed by atoms with E-state index in [-0.39, 0.29) is 24.2 Å². The first kappa shape index (κ1) is 15.9. The lowest BCUT2D eigenvalue weighted by Gasteiger charge is -2.12. The molecule has 5 nitrogen and oxygen atoms in total. The van der Waals surface area contributed by atoms with Crippen molar-refractivity contribution in [1.82, 2.24) is 20.1 Å². The number of carbonyl (C=O) groups is 1. The number of carbonyl (C=O) groups excluding carboxylic acids is 1. The average Bonchev–Trinajstić information content (AvgIpc) is 3.06. The van der Waals surface area contributed by atoms with Crippen LogP contribution in [0.2, 0.25) is 0 Å². The molecule has 6 heteroatoms. The zero-order valence-corrected chi connectivity index (χ0v) is 13.2. The van der Waals surface area contributed by atoms with Gasteiger partial charge < -0.3 is 5.32 Å². The van der Waals surface area contributed by atoms with E-state index in [4.69, 9.17) is 0 Å². The van der Waals surface area contributed by atoms with Crippen molar-refractivity contribution in [2.24, 2.45) is 0 Å². The Morgan fingerprint density at radius 2 is 2.04 bits per heavy atom. The summed E-state index contributed by atoms with van der Waals surface area (Å²) in [5.41, 5.74) is 1.88. The molecule has 0 aliphatic rings. The van der Waals surface area contributed by atoms with E-state index < -0.39 is 0 Å². The summed E-state index contributed by atoms with van der Waals surface area (Å²) in [5.74, 6) is -0.473. The van der Waals surface area contributed by atoms with Crippen molar-refractivity contribution in [2.45, 2.75) is 19.4 Å². The maximum Gasteiger partial charge on any atom is 0.226 e. The summed E-state index contributed by atoms with van der Waals surface area (Å²) < 4.78 is 15.3. The van der Waals surface area contributed by atoms with Gasteiger partial charge in [0.05, 0.1) is 18.7 Å². The molecule has 1 unspecified atom stereocenters. The van der Waals surface area contributed by atoms with E-state index in [1.165, 1.54) is 10.7 Å². The van der Waals surface area contributed by atoms with Gasteiger partial charge in [0.2, 0.25) is 5.91 Å². The van der Waals surface area contributed by atoms with E-state index >= 15 is 0 Å². The number of pyridine rings is 1. The van der Waals surface area contributed by atoms with Crippen LogP contribution in [0.15, 0.2) is 61.1 Å². The standard InChI is InChI=1S/C18H17FN4O/c1-13(22-18(24)10-15-6-4-5-9-20-15)14-11-21-23(12-14)17-8-3-2-7-16(17)19/h2-9,11-13H,10H2,1H3,(H,22,24). The predicted molar refractivity (Wildman–Crippen MR) is 88.0 cm³/mol. The Morgan fingerprint density at radius 3 is 2.79 bits per heavy atom. The number of benzene rings is 1. The summed E-state index contributed by atoms with van der Waals surface area (Å²) in [6.45, 7) is 1.86. The molecule has 3 rings (SSSR count). The number of nitrogens with one attached hydrogen (secondary N) is 1. The van der Waals surface area contributed by atoms with Crippen molar-refractivity contribution in [1.29, 1.82) is 0 Å². The van der Waals surface area contributed by atoms with Crippen LogP contribution in [0.5, 0.6) is 0 Å². The molecule has 122 valence electrons. The van der Waals surface area contributed by atoms with Gasteiger partial charge in [-0.25, -0.2) is 9.07 Å². The van der Waals surface area contributed by atoms with Crippen molar-refractivity contribution in [2.75, 3.05) is 0 Å². The Labute approximate surface area is 139 Å². The topological polar surface area (TPSA) is 59.8 Å². The summed E-state index contributed by atoms with van der Waals surface area (Å²) in [5, 5.41) is 7.07. The second kappa shape index (κ2) is 7.04. The fourth-order valence-electron chi connectivity index (χ4n) is 2.37. The number of amides is 1. The van der Waals surface area contributed by atoms with Crippen LogP contribution in [-0.2, 0) is 11.2 Å². The van der Waals surface area contributed by atoms with Crippen LogP contribution in [0.1, 0.15) is 24.2 Å². The van der Waals surface area contributed by atoms with Gasteiger partial charge in [-0.1, -0.05) is 18.2 Å². The summed E-state index contributed by atoms with van der Waals surface area (Å²) in [7, 11) is 0. The fraction of sp³-hybridized carbons (Fsp3) is 0.167. The number of hydrogen-bond donors (Lipinski definition) is 1. The van der Waals surface area contributed by atoms with Gasteiger partial charge in [0.25, 0.3) is 0 Å². The van der Waals surface area contributed by atoms with Crippen molar-refractivity contribution < 1.29 is 9.18 Å². The minimum absolute atomic E-state index is 0.125. The lowest BCUT2D eigenvalue weighted by atomic mass is 10.2. The molecule has 0 fully saturated rings. The van der Waals surface area contributed by atoms with E-state index in [2.05, 4.69) is 15.4 Å². The first-order chi connectivity index (χ1) is 11.6. The maximum absolute atomic E-state index is 13.8. The van der Waals surface area contributed by atoms with Crippen LogP contribution in [0.25, 0.3) is 5.69 Å². The van der Waals surface area contributed by atoms with Crippen molar-refractivity contribution in [3.63, 3.8) is 0 Å². The molecule has 2 aromatic heterocycles. The Morgan fingerprint density at radius 1 is 1.25 bits per heavy atom. The smallest absolute Gasteiger partial charge is 0.226 e. The molecule has 0 aliphatic carbocycles. The van der Waals surface area contributed by atoms with Gasteiger partial charge in [-0.15, -0.1) is 0 Å². The number of rotatable bonds is 5. The van der Waals surface area contributed by atoms with Crippen molar-refractivity contribution >= 4 is 5.91 Å². The quantitative estimate of drug-likeness (QED) is 0.785. The molecule has 0 spiro atoms. The molecule has 0 aliphatic heterocycles. The van der Waals surface area contributed by atoms with E-state index in [1.807, 2.05) is 13.0 Å². The molecule has 0 saturated heterocycles. The molecule has 1 aromatic carbocycles. The summed E-state index contributed by atoms with van der Waals surface area (Å²) in [6.07, 6.45) is 5.21. The van der Waals surface area contributed by atoms with Gasteiger partial charge >= 0.3 is 0 Å². The van der Waals surface area contributed by atoms with Crippen LogP contribution >= 0.6 is 0 Å². The van der Waals surface area contributed by atoms with E-state index in [0.29, 0.717) is 11.4 Å². The highest BCUT2D eigenvalue weighted by Crippen LogP contribution is 2.16. The second-order valence-electron chi connectivity index (χ2n) is 5.46. The molecule has 0 radical (unpaired) electrons. The van der Waals surface area contributed by atoms with Gasteiger partial charge in [0.1, 0.15) is 11.5 Å². The normalized spacial score (nSPS) is 11.9. The number of para-hydroxylation sites is 1. The lowest BCUT2D eigenvalue weighted by molar-refractivity contribution is -0.121. The highest BCUT2D eigenvalue weighted by molar-refractivity contribution is 5.78. The summed E-state index contributed by atoms with van der Waals surface area (Å²) in [4.78, 5) is 16.2. The van der Waals surface area contributed by atoms with Crippen LogP contribution in [0.4, 0.5) is 4.39 Å². The molecular formula is C18H17FN4O. The number of halogens is 1. The van der Waals surface area contributed by atoms with Crippen LogP contribution in [0.3, 0.4) is 0 Å². The minimum atomic E-state index is -0.348. The predicted octanol–water partition coefficient (Wildman–Crippen LogP) is 2.83. The van der Waals surface area contributed by atoms with E-state index in [9.17, 15) is 9.18 Å². The minimum Gasteiger partial charge on any atom is -0.349 e. The second-order valence-corrected chi connectivity index (χ2v) is 5.46. The third-order valence-corrected chi connectivity index (χ3v) is 3.65. The Hall–Kier alpha value is -3.02. The van der Waals surface area contributed by atoms with Crippen LogP contribution in [0, 0.1) is 5.82 Å². The molecule has 1 amide bonds. The fourth-order valence-corrected chi connectivity index (χ4v) is 2.37. The van der Waals surface area contributed by atoms with Crippen LogP contribution < -0.4 is 5.32 Å².